The van der Waals surface area contributed by atoms with Crippen molar-refractivity contribution in [3.8, 4) is 0 Å². The highest BCUT2D eigenvalue weighted by Gasteiger charge is 2.34. The van der Waals surface area contributed by atoms with Gasteiger partial charge in [-0.05, 0) is 31.6 Å². The Morgan fingerprint density at radius 1 is 1.60 bits per heavy atom. The Morgan fingerprint density at radius 3 is 2.87 bits per heavy atom. The highest BCUT2D eigenvalue weighted by Crippen LogP contribution is 2.32. The third-order valence-electron chi connectivity index (χ3n) is 3.07. The van der Waals surface area contributed by atoms with E-state index in [-0.39, 0.29) is 17.9 Å². The molecule has 1 aliphatic carbocycles. The molecule has 0 saturated carbocycles. The molecule has 3 atom stereocenters. The van der Waals surface area contributed by atoms with Crippen molar-refractivity contribution in [1.29, 1.82) is 0 Å². The average molecular weight is 207 g/mol. The first-order chi connectivity index (χ1) is 7.06. The van der Waals surface area contributed by atoms with Crippen LogP contribution in [0.2, 0.25) is 0 Å². The molecule has 0 saturated heterocycles. The van der Waals surface area contributed by atoms with Gasteiger partial charge in [-0.15, -0.1) is 0 Å². The van der Waals surface area contributed by atoms with Crippen molar-refractivity contribution >= 4 is 11.9 Å². The molecule has 2 rings (SSSR count). The fraction of sp³-hybridized carbons (Fsp3) is 0.636. The molecule has 0 spiro atoms. The van der Waals surface area contributed by atoms with E-state index in [0.717, 1.165) is 12.8 Å². The number of hydrogen-bond donors (Lipinski definition) is 2. The quantitative estimate of drug-likeness (QED) is 0.624. The van der Waals surface area contributed by atoms with Crippen molar-refractivity contribution < 1.29 is 4.79 Å². The van der Waals surface area contributed by atoms with Gasteiger partial charge in [0.1, 0.15) is 6.04 Å². The van der Waals surface area contributed by atoms with E-state index in [1.54, 1.807) is 0 Å². The zero-order valence-corrected chi connectivity index (χ0v) is 9.16. The maximum atomic E-state index is 11.6. The van der Waals surface area contributed by atoms with E-state index in [1.165, 1.54) is 5.57 Å². The number of rotatable bonds is 1. The van der Waals surface area contributed by atoms with Gasteiger partial charge in [-0.2, -0.15) is 0 Å². The monoisotopic (exact) mass is 207 g/mol. The molecular weight excluding hydrogens is 190 g/mol. The Labute approximate surface area is 89.6 Å². The van der Waals surface area contributed by atoms with Crippen LogP contribution in [0.5, 0.6) is 0 Å². The lowest BCUT2D eigenvalue weighted by Crippen LogP contribution is -2.36. The summed E-state index contributed by atoms with van der Waals surface area (Å²) in [5.41, 5.74) is 6.85. The van der Waals surface area contributed by atoms with E-state index in [0.29, 0.717) is 11.8 Å². The molecule has 0 radical (unpaired) electrons. The summed E-state index contributed by atoms with van der Waals surface area (Å²) in [7, 11) is 0. The van der Waals surface area contributed by atoms with Crippen LogP contribution in [0, 0.1) is 11.8 Å². The summed E-state index contributed by atoms with van der Waals surface area (Å²) < 4.78 is 0. The lowest BCUT2D eigenvalue weighted by Gasteiger charge is -2.27. The number of hydrogen-bond acceptors (Lipinski definition) is 3. The van der Waals surface area contributed by atoms with Crippen LogP contribution >= 0.6 is 0 Å². The number of guanidine groups is 1. The molecular formula is C11H17N3O. The molecule has 15 heavy (non-hydrogen) atoms. The Bertz CT molecular complexity index is 346. The van der Waals surface area contributed by atoms with E-state index in [4.69, 9.17) is 5.73 Å². The molecule has 0 fully saturated rings. The SMILES string of the molecule is CC1=CC(C)CC(C2N=C(N)NC2=O)C1. The summed E-state index contributed by atoms with van der Waals surface area (Å²) in [6.07, 6.45) is 4.25. The van der Waals surface area contributed by atoms with Crippen molar-refractivity contribution in [3.05, 3.63) is 11.6 Å². The minimum atomic E-state index is -0.268. The lowest BCUT2D eigenvalue weighted by molar-refractivity contribution is -0.121. The van der Waals surface area contributed by atoms with Crippen molar-refractivity contribution in [3.63, 3.8) is 0 Å². The Hall–Kier alpha value is -1.32. The molecule has 4 heteroatoms. The molecule has 0 bridgehead atoms. The number of amides is 1. The van der Waals surface area contributed by atoms with Gasteiger partial charge in [-0.1, -0.05) is 18.6 Å². The minimum absolute atomic E-state index is 0.0422. The molecule has 2 aliphatic rings. The van der Waals surface area contributed by atoms with Gasteiger partial charge in [-0.3, -0.25) is 10.1 Å². The van der Waals surface area contributed by atoms with Crippen LogP contribution in [-0.2, 0) is 4.79 Å². The van der Waals surface area contributed by atoms with Gasteiger partial charge in [0.2, 0.25) is 0 Å². The second-order valence-electron chi connectivity index (χ2n) is 4.64. The largest absolute Gasteiger partial charge is 0.370 e. The summed E-state index contributed by atoms with van der Waals surface area (Å²) >= 11 is 0. The Balaban J connectivity index is 2.12. The highest BCUT2D eigenvalue weighted by molar-refractivity contribution is 6.04. The van der Waals surface area contributed by atoms with Gasteiger partial charge in [0.05, 0.1) is 0 Å². The molecule has 82 valence electrons. The molecule has 0 aromatic heterocycles. The van der Waals surface area contributed by atoms with Crippen molar-refractivity contribution in [2.45, 2.75) is 32.7 Å². The second kappa shape index (κ2) is 3.68. The summed E-state index contributed by atoms with van der Waals surface area (Å²) in [6, 6.07) is -0.268. The minimum Gasteiger partial charge on any atom is -0.370 e. The zero-order valence-electron chi connectivity index (χ0n) is 9.16. The van der Waals surface area contributed by atoms with Gasteiger partial charge in [0, 0.05) is 0 Å². The van der Waals surface area contributed by atoms with Crippen LogP contribution in [0.25, 0.3) is 0 Å². The van der Waals surface area contributed by atoms with Crippen LogP contribution in [0.4, 0.5) is 0 Å². The molecule has 1 aliphatic heterocycles. The standard InChI is InChI=1S/C11H17N3O/c1-6-3-7(2)5-8(4-6)9-10(15)14-11(12)13-9/h3,6,8-9H,4-5H2,1-2H3,(H3,12,13,14,15). The van der Waals surface area contributed by atoms with Gasteiger partial charge >= 0.3 is 0 Å². The number of nitrogens with zero attached hydrogens (tertiary/aromatic N) is 1. The van der Waals surface area contributed by atoms with Crippen molar-refractivity contribution in [1.82, 2.24) is 5.32 Å². The van der Waals surface area contributed by atoms with Gasteiger partial charge in [-0.25, -0.2) is 4.99 Å². The first-order valence-corrected chi connectivity index (χ1v) is 5.37. The fourth-order valence-corrected chi connectivity index (χ4v) is 2.60. The third-order valence-corrected chi connectivity index (χ3v) is 3.07. The Kier molecular flexibility index (Phi) is 2.50. The lowest BCUT2D eigenvalue weighted by atomic mass is 9.79. The van der Waals surface area contributed by atoms with E-state index in [9.17, 15) is 4.79 Å². The van der Waals surface area contributed by atoms with E-state index in [2.05, 4.69) is 30.2 Å². The van der Waals surface area contributed by atoms with Gasteiger partial charge in [0.25, 0.3) is 5.91 Å². The van der Waals surface area contributed by atoms with Crippen LogP contribution in [0.3, 0.4) is 0 Å². The number of nitrogens with two attached hydrogens (primary N) is 1. The molecule has 4 nitrogen and oxygen atoms in total. The van der Waals surface area contributed by atoms with E-state index in [1.807, 2.05) is 0 Å². The highest BCUT2D eigenvalue weighted by atomic mass is 16.2. The predicted octanol–water partition coefficient (Wildman–Crippen LogP) is 0.792. The number of aliphatic imine (C=N–C) groups is 1. The first kappa shape index (κ1) is 10.2. The number of nitrogens with one attached hydrogen (secondary N) is 1. The molecule has 0 aromatic rings. The van der Waals surface area contributed by atoms with Crippen LogP contribution in [0.1, 0.15) is 26.7 Å². The first-order valence-electron chi connectivity index (χ1n) is 5.37. The summed E-state index contributed by atoms with van der Waals surface area (Å²) in [4.78, 5) is 15.7. The van der Waals surface area contributed by atoms with Gasteiger partial charge in [0.15, 0.2) is 5.96 Å². The average Bonchev–Trinajstić information content (AvgIpc) is 2.43. The topological polar surface area (TPSA) is 67.5 Å². The van der Waals surface area contributed by atoms with Crippen LogP contribution in [-0.4, -0.2) is 17.9 Å². The fourth-order valence-electron chi connectivity index (χ4n) is 2.60. The summed E-state index contributed by atoms with van der Waals surface area (Å²) in [5, 5.41) is 2.56. The maximum absolute atomic E-state index is 11.6. The predicted molar refractivity (Wildman–Crippen MR) is 59.2 cm³/mol. The maximum Gasteiger partial charge on any atom is 0.251 e. The molecule has 3 N–H and O–H groups in total. The molecule has 1 amide bonds. The summed E-state index contributed by atoms with van der Waals surface area (Å²) in [5.74, 6) is 1.07. The zero-order chi connectivity index (χ0) is 11.0. The van der Waals surface area contributed by atoms with E-state index >= 15 is 0 Å². The van der Waals surface area contributed by atoms with Crippen LogP contribution < -0.4 is 11.1 Å². The Morgan fingerprint density at radius 2 is 2.33 bits per heavy atom. The second-order valence-corrected chi connectivity index (χ2v) is 4.64. The van der Waals surface area contributed by atoms with Gasteiger partial charge < -0.3 is 5.73 Å². The van der Waals surface area contributed by atoms with E-state index < -0.39 is 0 Å². The van der Waals surface area contributed by atoms with Crippen molar-refractivity contribution in [2.24, 2.45) is 22.6 Å². The molecule has 0 aromatic carbocycles. The number of carbonyl (C=O) groups excluding carboxylic acids is 1. The number of carbonyl (C=O) groups is 1. The van der Waals surface area contributed by atoms with Crippen LogP contribution in [0.15, 0.2) is 16.6 Å². The third kappa shape index (κ3) is 2.03. The summed E-state index contributed by atoms with van der Waals surface area (Å²) in [6.45, 7) is 4.29. The molecule has 1 heterocycles. The molecule has 3 unspecified atom stereocenters. The normalized spacial score (nSPS) is 35.9. The van der Waals surface area contributed by atoms with Crippen molar-refractivity contribution in [2.75, 3.05) is 0 Å². The smallest absolute Gasteiger partial charge is 0.251 e. The number of allylic oxidation sites excluding steroid dienone is 2.